The summed E-state index contributed by atoms with van der Waals surface area (Å²) in [5.41, 5.74) is 4.92. The number of carbonyl (C=O) groups excluding carboxylic acids is 1. The molecular formula is C39H50ClNO8. The van der Waals surface area contributed by atoms with Gasteiger partial charge >= 0.3 is 0 Å². The molecule has 1 aromatic heterocycles. The summed E-state index contributed by atoms with van der Waals surface area (Å²) in [4.78, 5) is 17.0. The largest absolute Gasteiger partial charge is 0.490 e. The van der Waals surface area contributed by atoms with Crippen molar-refractivity contribution < 1.29 is 39.8 Å². The molecule has 0 spiro atoms. The third-order valence-electron chi connectivity index (χ3n) is 9.89. The van der Waals surface area contributed by atoms with Crippen LogP contribution in [-0.2, 0) is 21.7 Å². The molecule has 2 aromatic carbocycles. The van der Waals surface area contributed by atoms with Crippen molar-refractivity contribution in [1.82, 2.24) is 4.98 Å². The number of nitrogens with zero attached hydrogens (tertiary/aromatic N) is 1. The van der Waals surface area contributed by atoms with Crippen molar-refractivity contribution in [2.45, 2.75) is 114 Å². The molecule has 5 atom stereocenters. The first-order valence-corrected chi connectivity index (χ1v) is 17.9. The molecule has 5 N–H and O–H groups in total. The molecule has 0 saturated heterocycles. The zero-order chi connectivity index (χ0) is 35.0. The summed E-state index contributed by atoms with van der Waals surface area (Å²) >= 11 is 6.67. The minimum atomic E-state index is -1.64. The van der Waals surface area contributed by atoms with Crippen molar-refractivity contribution in [2.75, 3.05) is 13.2 Å². The number of rotatable bonds is 21. The third-order valence-corrected chi connectivity index (χ3v) is 10.3. The van der Waals surface area contributed by atoms with Gasteiger partial charge in [-0.2, -0.15) is 0 Å². The van der Waals surface area contributed by atoms with E-state index >= 15 is 0 Å². The maximum atomic E-state index is 12.5. The van der Waals surface area contributed by atoms with Gasteiger partial charge in [0.25, 0.3) is 0 Å². The van der Waals surface area contributed by atoms with Gasteiger partial charge < -0.3 is 35.0 Å². The smallest absolute Gasteiger partial charge is 0.133 e. The fourth-order valence-electron chi connectivity index (χ4n) is 6.40. The third kappa shape index (κ3) is 9.88. The molecule has 1 heterocycles. The maximum Gasteiger partial charge on any atom is 0.133 e. The number of ether oxygens (including phenoxy) is 2. The van der Waals surface area contributed by atoms with Gasteiger partial charge in [-0.05, 0) is 79.3 Å². The van der Waals surface area contributed by atoms with Gasteiger partial charge in [0.2, 0.25) is 0 Å². The van der Waals surface area contributed by atoms with Crippen LogP contribution in [0.4, 0.5) is 0 Å². The fourth-order valence-corrected chi connectivity index (χ4v) is 6.57. The number of para-hydroxylation sites is 1. The van der Waals surface area contributed by atoms with Crippen molar-refractivity contribution >= 4 is 17.4 Å². The highest BCUT2D eigenvalue weighted by Gasteiger charge is 2.48. The number of ketones is 1. The Hall–Kier alpha value is -2.89. The summed E-state index contributed by atoms with van der Waals surface area (Å²) in [5, 5.41) is 48.9. The maximum absolute atomic E-state index is 12.5. The summed E-state index contributed by atoms with van der Waals surface area (Å²) in [6, 6.07) is 16.4. The second kappa shape index (κ2) is 17.4. The highest BCUT2D eigenvalue weighted by Crippen LogP contribution is 2.53. The molecular weight excluding hydrogens is 646 g/mol. The van der Waals surface area contributed by atoms with E-state index in [1.807, 2.05) is 42.7 Å². The first kappa shape index (κ1) is 37.4. The molecule has 9 nitrogen and oxygen atoms in total. The lowest BCUT2D eigenvalue weighted by Gasteiger charge is -2.27. The van der Waals surface area contributed by atoms with E-state index in [1.165, 1.54) is 5.56 Å². The van der Waals surface area contributed by atoms with Crippen LogP contribution in [0.2, 0.25) is 5.02 Å². The SMILES string of the molecule is C[C@H](CCCCCC(=O)C[C@@H](CO)[C@@H](O)[C@H](O)[C@H](O)CO)c1ccc(Cl)c(COC2(c3cnccc3-c3ccccc3OC3CC3)CC2)c1. The number of pyridine rings is 1. The van der Waals surface area contributed by atoms with Gasteiger partial charge in [0.1, 0.15) is 23.7 Å². The highest BCUT2D eigenvalue weighted by molar-refractivity contribution is 6.31. The Kier molecular flexibility index (Phi) is 13.2. The number of Topliss-reactive ketones (excluding diaryl/α,β-unsaturated/α-hetero) is 1. The second-order valence-electron chi connectivity index (χ2n) is 13.8. The minimum Gasteiger partial charge on any atom is -0.490 e. The number of hydrogen-bond donors (Lipinski definition) is 5. The van der Waals surface area contributed by atoms with E-state index in [0.29, 0.717) is 30.6 Å². The quantitative estimate of drug-likeness (QED) is 0.0866. The van der Waals surface area contributed by atoms with Crippen LogP contribution in [0, 0.1) is 5.92 Å². The Balaban J connectivity index is 1.12. The summed E-state index contributed by atoms with van der Waals surface area (Å²) in [6.07, 6.45) is 6.94. The van der Waals surface area contributed by atoms with Crippen molar-refractivity contribution in [3.63, 3.8) is 0 Å². The van der Waals surface area contributed by atoms with Crippen LogP contribution in [0.3, 0.4) is 0 Å². The Bertz CT molecular complexity index is 1530. The van der Waals surface area contributed by atoms with Crippen LogP contribution < -0.4 is 4.74 Å². The molecule has 5 rings (SSSR count). The Morgan fingerprint density at radius 2 is 1.76 bits per heavy atom. The average molecular weight is 696 g/mol. The number of carbonyl (C=O) groups is 1. The first-order valence-electron chi connectivity index (χ1n) is 17.6. The summed E-state index contributed by atoms with van der Waals surface area (Å²) in [7, 11) is 0. The number of unbranched alkanes of at least 4 members (excludes halogenated alkanes) is 2. The summed E-state index contributed by atoms with van der Waals surface area (Å²) in [5.74, 6) is 0.147. The molecule has 0 bridgehead atoms. The van der Waals surface area contributed by atoms with E-state index in [1.54, 1.807) is 0 Å². The summed E-state index contributed by atoms with van der Waals surface area (Å²) in [6.45, 7) is 1.33. The topological polar surface area (TPSA) is 150 Å². The van der Waals surface area contributed by atoms with Crippen LogP contribution in [0.15, 0.2) is 60.9 Å². The molecule has 2 aliphatic rings. The monoisotopic (exact) mass is 695 g/mol. The van der Waals surface area contributed by atoms with Crippen LogP contribution in [0.5, 0.6) is 5.75 Å². The molecule has 49 heavy (non-hydrogen) atoms. The number of halogens is 1. The van der Waals surface area contributed by atoms with Gasteiger partial charge in [-0.15, -0.1) is 0 Å². The number of aromatic nitrogens is 1. The fraction of sp³-hybridized carbons (Fsp3) is 0.538. The lowest BCUT2D eigenvalue weighted by Crippen LogP contribution is -2.45. The molecule has 0 radical (unpaired) electrons. The molecule has 0 amide bonds. The van der Waals surface area contributed by atoms with E-state index in [9.17, 15) is 25.2 Å². The van der Waals surface area contributed by atoms with E-state index in [0.717, 1.165) is 72.9 Å². The first-order chi connectivity index (χ1) is 23.7. The average Bonchev–Trinajstić information content (AvgIpc) is 4.07. The van der Waals surface area contributed by atoms with Crippen molar-refractivity contribution in [3.05, 3.63) is 82.6 Å². The van der Waals surface area contributed by atoms with Gasteiger partial charge in [0.15, 0.2) is 0 Å². The normalized spacial score (nSPS) is 18.3. The van der Waals surface area contributed by atoms with Gasteiger partial charge in [-0.25, -0.2) is 0 Å². The Morgan fingerprint density at radius 3 is 2.47 bits per heavy atom. The van der Waals surface area contributed by atoms with Gasteiger partial charge in [-0.3, -0.25) is 9.78 Å². The van der Waals surface area contributed by atoms with Gasteiger partial charge in [0.05, 0.1) is 31.0 Å². The number of benzene rings is 2. The van der Waals surface area contributed by atoms with Crippen LogP contribution in [0.25, 0.3) is 11.1 Å². The lowest BCUT2D eigenvalue weighted by atomic mass is 9.89. The van der Waals surface area contributed by atoms with E-state index < -0.39 is 43.0 Å². The minimum absolute atomic E-state index is 0.107. The Labute approximate surface area is 293 Å². The molecule has 3 aromatic rings. The van der Waals surface area contributed by atoms with Gasteiger partial charge in [-0.1, -0.05) is 61.7 Å². The molecule has 0 unspecified atom stereocenters. The molecule has 2 fully saturated rings. The number of aliphatic hydroxyl groups excluding tert-OH is 5. The predicted octanol–water partition coefficient (Wildman–Crippen LogP) is 5.85. The van der Waals surface area contributed by atoms with Crippen molar-refractivity contribution in [3.8, 4) is 16.9 Å². The molecule has 10 heteroatoms. The van der Waals surface area contributed by atoms with Crippen molar-refractivity contribution in [1.29, 1.82) is 0 Å². The summed E-state index contributed by atoms with van der Waals surface area (Å²) < 4.78 is 12.9. The van der Waals surface area contributed by atoms with E-state index in [-0.39, 0.29) is 18.1 Å². The highest BCUT2D eigenvalue weighted by atomic mass is 35.5. The zero-order valence-electron chi connectivity index (χ0n) is 28.2. The van der Waals surface area contributed by atoms with Gasteiger partial charge in [0, 0.05) is 53.9 Å². The standard InChI is InChI=1S/C39H50ClNO8/c1-25(7-3-2-4-8-29(44)20-27(22-42)37(46)38(47)35(45)23-43)26-11-14-34(40)28(19-26)24-48-39(16-17-39)33-21-41-18-15-31(33)32-9-5-6-10-36(32)49-30-12-13-30/h5-6,9-11,14-15,18-19,21,25,27,30,35,37-38,42-43,45-47H,2-4,7-8,12-13,16-17,20,22-24H2,1H3/t25-,27+,35-,37-,38-/m1/s1. The van der Waals surface area contributed by atoms with Crippen molar-refractivity contribution in [2.24, 2.45) is 5.92 Å². The molecule has 2 saturated carbocycles. The number of hydrogen-bond acceptors (Lipinski definition) is 9. The zero-order valence-corrected chi connectivity index (χ0v) is 29.0. The van der Waals surface area contributed by atoms with E-state index in [4.69, 9.17) is 26.2 Å². The number of aliphatic hydroxyl groups is 5. The predicted molar refractivity (Wildman–Crippen MR) is 187 cm³/mol. The molecule has 2 aliphatic carbocycles. The van der Waals surface area contributed by atoms with Crippen LogP contribution in [0.1, 0.15) is 93.7 Å². The molecule has 266 valence electrons. The lowest BCUT2D eigenvalue weighted by molar-refractivity contribution is -0.127. The van der Waals surface area contributed by atoms with Crippen LogP contribution >= 0.6 is 11.6 Å². The van der Waals surface area contributed by atoms with Crippen LogP contribution in [-0.4, -0.2) is 73.9 Å². The second-order valence-corrected chi connectivity index (χ2v) is 14.2. The van der Waals surface area contributed by atoms with E-state index in [2.05, 4.69) is 30.1 Å². The molecule has 0 aliphatic heterocycles. The Morgan fingerprint density at radius 1 is 0.980 bits per heavy atom.